The third-order valence-electron chi connectivity index (χ3n) is 4.03. The van der Waals surface area contributed by atoms with Gasteiger partial charge in [-0.05, 0) is 32.4 Å². The summed E-state index contributed by atoms with van der Waals surface area (Å²) in [4.78, 5) is 4.69. The second-order valence-corrected chi connectivity index (χ2v) is 6.98. The van der Waals surface area contributed by atoms with E-state index in [1.54, 1.807) is 11.3 Å². The summed E-state index contributed by atoms with van der Waals surface area (Å²) in [6.07, 6.45) is 1.89. The molecule has 2 heterocycles. The second-order valence-electron chi connectivity index (χ2n) is 6.12. The van der Waals surface area contributed by atoms with Gasteiger partial charge in [0.2, 0.25) is 0 Å². The minimum atomic E-state index is -0.617. The first kappa shape index (κ1) is 15.6. The summed E-state index contributed by atoms with van der Waals surface area (Å²) in [5.41, 5.74) is 2.84. The van der Waals surface area contributed by atoms with E-state index in [1.807, 2.05) is 0 Å². The Bertz CT molecular complexity index is 620. The van der Waals surface area contributed by atoms with E-state index in [9.17, 15) is 5.11 Å². The Hall–Kier alpha value is -1.27. The molecule has 1 aliphatic heterocycles. The van der Waals surface area contributed by atoms with E-state index in [0.29, 0.717) is 19.6 Å². The van der Waals surface area contributed by atoms with E-state index in [4.69, 9.17) is 0 Å². The normalized spacial score (nSPS) is 21.9. The quantitative estimate of drug-likeness (QED) is 0.792. The smallest absolute Gasteiger partial charge is 0.123 e. The molecule has 1 fully saturated rings. The first-order valence-corrected chi connectivity index (χ1v) is 8.68. The molecule has 0 bridgehead atoms. The van der Waals surface area contributed by atoms with E-state index in [0.717, 1.165) is 30.1 Å². The van der Waals surface area contributed by atoms with E-state index < -0.39 is 5.60 Å². The maximum absolute atomic E-state index is 10.4. The zero-order chi connectivity index (χ0) is 15.4. The molecule has 1 aromatic heterocycles. The molecule has 0 amide bonds. The minimum absolute atomic E-state index is 0.608. The predicted octanol–water partition coefficient (Wildman–Crippen LogP) is 2.32. The van der Waals surface area contributed by atoms with E-state index in [2.05, 4.69) is 52.2 Å². The summed E-state index contributed by atoms with van der Waals surface area (Å²) >= 11 is 1.67. The largest absolute Gasteiger partial charge is 0.387 e. The van der Waals surface area contributed by atoms with Gasteiger partial charge in [-0.25, -0.2) is 4.98 Å². The number of benzene rings is 1. The number of aryl methyl sites for hydroxylation is 1. The van der Waals surface area contributed by atoms with Crippen LogP contribution in [0.3, 0.4) is 0 Å². The van der Waals surface area contributed by atoms with Gasteiger partial charge in [-0.3, -0.25) is 0 Å². The number of piperidine rings is 1. The van der Waals surface area contributed by atoms with E-state index >= 15 is 0 Å². The number of aliphatic hydroxyl groups is 1. The molecule has 5 heteroatoms. The summed E-state index contributed by atoms with van der Waals surface area (Å²) in [5.74, 6) is 0. The molecule has 118 valence electrons. The van der Waals surface area contributed by atoms with Gasteiger partial charge in [-0.1, -0.05) is 23.8 Å². The molecule has 1 saturated heterocycles. The molecule has 4 nitrogen and oxygen atoms in total. The topological polar surface area (TPSA) is 57.2 Å². The highest BCUT2D eigenvalue weighted by Crippen LogP contribution is 2.24. The number of nitrogens with zero attached hydrogens (tertiary/aromatic N) is 1. The van der Waals surface area contributed by atoms with E-state index in [1.165, 1.54) is 11.1 Å². The fraction of sp³-hybridized carbons (Fsp3) is 0.471. The average Bonchev–Trinajstić information content (AvgIpc) is 2.97. The zero-order valence-electron chi connectivity index (χ0n) is 12.9. The van der Waals surface area contributed by atoms with Crippen LogP contribution in [-0.2, 0) is 6.54 Å². The Labute approximate surface area is 135 Å². The number of aromatic nitrogens is 1. The molecule has 22 heavy (non-hydrogen) atoms. The highest BCUT2D eigenvalue weighted by atomic mass is 32.1. The molecule has 3 rings (SSSR count). The Balaban J connectivity index is 1.56. The molecule has 3 N–H and O–H groups in total. The Morgan fingerprint density at radius 3 is 3.14 bits per heavy atom. The van der Waals surface area contributed by atoms with Crippen molar-refractivity contribution in [3.05, 3.63) is 40.9 Å². The van der Waals surface area contributed by atoms with Crippen LogP contribution < -0.4 is 10.6 Å². The molecule has 2 aromatic rings. The van der Waals surface area contributed by atoms with Crippen LogP contribution in [0.4, 0.5) is 0 Å². The van der Waals surface area contributed by atoms with Crippen LogP contribution in [0.15, 0.2) is 29.6 Å². The zero-order valence-corrected chi connectivity index (χ0v) is 13.7. The lowest BCUT2D eigenvalue weighted by Crippen LogP contribution is -2.51. The maximum atomic E-state index is 10.4. The van der Waals surface area contributed by atoms with Crippen molar-refractivity contribution in [1.82, 2.24) is 15.6 Å². The number of thiazole rings is 1. The summed E-state index contributed by atoms with van der Waals surface area (Å²) in [7, 11) is 0. The van der Waals surface area contributed by atoms with Crippen molar-refractivity contribution in [1.29, 1.82) is 0 Å². The number of hydrogen-bond acceptors (Lipinski definition) is 5. The SMILES string of the molecule is Cc1cccc(-c2nc(CNCC3(O)CCCNC3)cs2)c1. The van der Waals surface area contributed by atoms with Gasteiger partial charge in [0, 0.05) is 30.6 Å². The van der Waals surface area contributed by atoms with Crippen LogP contribution in [0, 0.1) is 6.92 Å². The molecule has 1 unspecified atom stereocenters. The van der Waals surface area contributed by atoms with Gasteiger partial charge in [0.1, 0.15) is 5.01 Å². The first-order chi connectivity index (χ1) is 10.6. The van der Waals surface area contributed by atoms with Gasteiger partial charge < -0.3 is 15.7 Å². The van der Waals surface area contributed by atoms with Gasteiger partial charge in [0.25, 0.3) is 0 Å². The number of nitrogens with one attached hydrogen (secondary N) is 2. The third kappa shape index (κ3) is 3.93. The van der Waals surface area contributed by atoms with Crippen molar-refractivity contribution in [3.63, 3.8) is 0 Å². The minimum Gasteiger partial charge on any atom is -0.387 e. The van der Waals surface area contributed by atoms with Gasteiger partial charge in [0.15, 0.2) is 0 Å². The van der Waals surface area contributed by atoms with Crippen LogP contribution in [-0.4, -0.2) is 35.3 Å². The van der Waals surface area contributed by atoms with Gasteiger partial charge in [-0.2, -0.15) is 0 Å². The molecular weight excluding hydrogens is 294 g/mol. The van der Waals surface area contributed by atoms with Crippen LogP contribution in [0.1, 0.15) is 24.1 Å². The lowest BCUT2D eigenvalue weighted by Gasteiger charge is -2.32. The van der Waals surface area contributed by atoms with Crippen molar-refractivity contribution < 1.29 is 5.11 Å². The fourth-order valence-corrected chi connectivity index (χ4v) is 3.64. The Kier molecular flexibility index (Phi) is 4.88. The summed E-state index contributed by atoms with van der Waals surface area (Å²) in [6.45, 7) is 5.08. The predicted molar refractivity (Wildman–Crippen MR) is 91.0 cm³/mol. The van der Waals surface area contributed by atoms with Crippen LogP contribution in [0.5, 0.6) is 0 Å². The Morgan fingerprint density at radius 1 is 1.45 bits per heavy atom. The number of hydrogen-bond donors (Lipinski definition) is 3. The average molecular weight is 317 g/mol. The molecule has 1 aliphatic rings. The van der Waals surface area contributed by atoms with Gasteiger partial charge in [0.05, 0.1) is 11.3 Å². The van der Waals surface area contributed by atoms with Crippen molar-refractivity contribution >= 4 is 11.3 Å². The highest BCUT2D eigenvalue weighted by Gasteiger charge is 2.28. The van der Waals surface area contributed by atoms with Crippen molar-refractivity contribution in [2.75, 3.05) is 19.6 Å². The van der Waals surface area contributed by atoms with Crippen molar-refractivity contribution in [2.45, 2.75) is 31.9 Å². The molecule has 0 spiro atoms. The Morgan fingerprint density at radius 2 is 2.36 bits per heavy atom. The highest BCUT2D eigenvalue weighted by molar-refractivity contribution is 7.13. The summed E-state index contributed by atoms with van der Waals surface area (Å²) in [6, 6.07) is 8.42. The van der Waals surface area contributed by atoms with Crippen LogP contribution >= 0.6 is 11.3 Å². The standard InChI is InChI=1S/C17H23N3OS/c1-13-4-2-5-14(8-13)16-20-15(10-22-16)9-19-12-17(21)6-3-7-18-11-17/h2,4-5,8,10,18-19,21H,3,6-7,9,11-12H2,1H3. The third-order valence-corrected chi connectivity index (χ3v) is 4.97. The second kappa shape index (κ2) is 6.87. The summed E-state index contributed by atoms with van der Waals surface area (Å²) < 4.78 is 0. The number of β-amino-alcohol motifs (C(OH)–C–C–N with tert-alkyl or cyclic N) is 1. The lowest BCUT2D eigenvalue weighted by atomic mass is 9.94. The first-order valence-electron chi connectivity index (χ1n) is 7.80. The summed E-state index contributed by atoms with van der Waals surface area (Å²) in [5, 5.41) is 20.2. The van der Waals surface area contributed by atoms with Crippen LogP contribution in [0.2, 0.25) is 0 Å². The van der Waals surface area contributed by atoms with E-state index in [-0.39, 0.29) is 0 Å². The molecule has 1 aromatic carbocycles. The molecule has 1 atom stereocenters. The molecular formula is C17H23N3OS. The van der Waals surface area contributed by atoms with Crippen LogP contribution in [0.25, 0.3) is 10.6 Å². The fourth-order valence-electron chi connectivity index (χ4n) is 2.82. The molecule has 0 saturated carbocycles. The van der Waals surface area contributed by atoms with Gasteiger partial charge >= 0.3 is 0 Å². The lowest BCUT2D eigenvalue weighted by molar-refractivity contribution is 0.0168. The maximum Gasteiger partial charge on any atom is 0.123 e. The van der Waals surface area contributed by atoms with Gasteiger partial charge in [-0.15, -0.1) is 11.3 Å². The number of rotatable bonds is 5. The monoisotopic (exact) mass is 317 g/mol. The van der Waals surface area contributed by atoms with Crippen molar-refractivity contribution in [2.24, 2.45) is 0 Å². The van der Waals surface area contributed by atoms with Crippen molar-refractivity contribution in [3.8, 4) is 10.6 Å². The molecule has 0 aliphatic carbocycles. The molecule has 0 radical (unpaired) electrons.